The van der Waals surface area contributed by atoms with Crippen molar-refractivity contribution in [1.29, 1.82) is 0 Å². The third kappa shape index (κ3) is 4.22. The van der Waals surface area contributed by atoms with E-state index in [4.69, 9.17) is 4.74 Å². The Bertz CT molecular complexity index is 976. The highest BCUT2D eigenvalue weighted by Gasteiger charge is 2.36. The monoisotopic (exact) mass is 419 g/mol. The molecule has 29 heavy (non-hydrogen) atoms. The second kappa shape index (κ2) is 8.02. The lowest BCUT2D eigenvalue weighted by Crippen LogP contribution is -2.24. The van der Waals surface area contributed by atoms with Crippen molar-refractivity contribution in [3.8, 4) is 5.75 Å². The third-order valence-corrected chi connectivity index (χ3v) is 6.30. The van der Waals surface area contributed by atoms with Crippen molar-refractivity contribution < 1.29 is 17.9 Å². The van der Waals surface area contributed by atoms with Gasteiger partial charge in [0.25, 0.3) is 0 Å². The summed E-state index contributed by atoms with van der Waals surface area (Å²) in [6.45, 7) is 1.17. The van der Waals surface area contributed by atoms with Crippen molar-refractivity contribution in [3.05, 3.63) is 71.8 Å². The van der Waals surface area contributed by atoms with E-state index < -0.39 is 11.7 Å². The van der Waals surface area contributed by atoms with E-state index in [2.05, 4.69) is 14.9 Å². The van der Waals surface area contributed by atoms with Crippen LogP contribution in [0.4, 0.5) is 18.9 Å². The van der Waals surface area contributed by atoms with Crippen molar-refractivity contribution >= 4 is 17.4 Å². The smallest absolute Gasteiger partial charge is 0.416 e. The molecule has 2 aromatic carbocycles. The van der Waals surface area contributed by atoms with Crippen LogP contribution in [0.1, 0.15) is 28.6 Å². The summed E-state index contributed by atoms with van der Waals surface area (Å²) in [5, 5.41) is -0.319. The van der Waals surface area contributed by atoms with Gasteiger partial charge < -0.3 is 14.6 Å². The number of aromatic nitrogens is 2. The Morgan fingerprint density at radius 3 is 2.79 bits per heavy atom. The molecule has 1 aliphatic heterocycles. The topological polar surface area (TPSA) is 41.1 Å². The van der Waals surface area contributed by atoms with E-state index >= 15 is 0 Å². The number of ether oxygens (including phenoxy) is 1. The molecule has 0 spiro atoms. The zero-order valence-corrected chi connectivity index (χ0v) is 16.6. The Morgan fingerprint density at radius 1 is 1.24 bits per heavy atom. The van der Waals surface area contributed by atoms with Gasteiger partial charge in [0.2, 0.25) is 0 Å². The molecule has 4 rings (SSSR count). The number of imidazole rings is 1. The molecule has 0 fully saturated rings. The molecule has 4 nitrogen and oxygen atoms in total. The van der Waals surface area contributed by atoms with Gasteiger partial charge >= 0.3 is 6.18 Å². The number of nitrogens with one attached hydrogen (secondary N) is 1. The number of nitrogens with zero attached hydrogens (tertiary/aromatic N) is 2. The van der Waals surface area contributed by atoms with E-state index in [1.54, 1.807) is 31.6 Å². The Morgan fingerprint density at radius 2 is 2.07 bits per heavy atom. The van der Waals surface area contributed by atoms with Crippen molar-refractivity contribution in [2.75, 3.05) is 18.6 Å². The molecule has 0 aliphatic carbocycles. The van der Waals surface area contributed by atoms with Crippen LogP contribution in [-0.2, 0) is 12.7 Å². The molecule has 1 atom stereocenters. The number of anilines is 1. The standard InChI is InChI=1S/C21H20F3N3OS/c1-28-14-6-7-17-19(12-14)29-18(8-11-27(17)13-20-25-9-10-26-20)15-4-2-3-5-16(15)21(22,23)24/h2-7,9-10,12,18H,8,11,13H2,1H3,(H,25,26)/t18-/m1/s1. The fourth-order valence-corrected chi connectivity index (χ4v) is 4.93. The number of hydrogen-bond acceptors (Lipinski definition) is 4. The molecule has 0 amide bonds. The first-order valence-corrected chi connectivity index (χ1v) is 10.1. The summed E-state index contributed by atoms with van der Waals surface area (Å²) in [7, 11) is 1.58. The van der Waals surface area contributed by atoms with Gasteiger partial charge in [0.15, 0.2) is 0 Å². The number of alkyl halides is 3. The number of H-pyrrole nitrogens is 1. The van der Waals surface area contributed by atoms with Crippen LogP contribution in [0.15, 0.2) is 59.8 Å². The summed E-state index contributed by atoms with van der Waals surface area (Å²) in [5.74, 6) is 1.49. The lowest BCUT2D eigenvalue weighted by molar-refractivity contribution is -0.138. The molecular formula is C21H20F3N3OS. The molecule has 0 unspecified atom stereocenters. The van der Waals surface area contributed by atoms with Crippen LogP contribution in [0.25, 0.3) is 0 Å². The van der Waals surface area contributed by atoms with Gasteiger partial charge in [0.05, 0.1) is 24.9 Å². The lowest BCUT2D eigenvalue weighted by Gasteiger charge is -2.24. The average Bonchev–Trinajstić information content (AvgIpc) is 3.15. The lowest BCUT2D eigenvalue weighted by atomic mass is 10.0. The highest BCUT2D eigenvalue weighted by Crippen LogP contribution is 2.49. The highest BCUT2D eigenvalue weighted by molar-refractivity contribution is 7.99. The minimum absolute atomic E-state index is 0.318. The van der Waals surface area contributed by atoms with Crippen LogP contribution in [0, 0.1) is 0 Å². The van der Waals surface area contributed by atoms with Gasteiger partial charge in [-0.2, -0.15) is 13.2 Å². The van der Waals surface area contributed by atoms with E-state index in [0.29, 0.717) is 30.8 Å². The number of aromatic amines is 1. The average molecular weight is 419 g/mol. The molecule has 1 aliphatic rings. The molecule has 2 heterocycles. The normalized spacial score (nSPS) is 17.0. The number of hydrogen-bond donors (Lipinski definition) is 1. The van der Waals surface area contributed by atoms with Gasteiger partial charge in [-0.15, -0.1) is 11.8 Å². The maximum Gasteiger partial charge on any atom is 0.416 e. The molecule has 3 aromatic rings. The Hall–Kier alpha value is -2.61. The SMILES string of the molecule is COc1ccc2c(c1)S[C@@H](c1ccccc1C(F)(F)F)CCN2Cc1ncc[nH]1. The second-order valence-electron chi connectivity index (χ2n) is 6.77. The fraction of sp³-hybridized carbons (Fsp3) is 0.286. The Labute approximate surface area is 171 Å². The predicted octanol–water partition coefficient (Wildman–Crippen LogP) is 5.68. The molecule has 1 aromatic heterocycles. The largest absolute Gasteiger partial charge is 0.497 e. The van der Waals surface area contributed by atoms with Gasteiger partial charge in [-0.1, -0.05) is 18.2 Å². The summed E-state index contributed by atoms with van der Waals surface area (Å²) in [6, 6.07) is 11.6. The third-order valence-electron chi connectivity index (χ3n) is 4.95. The van der Waals surface area contributed by atoms with Crippen LogP contribution in [0.5, 0.6) is 5.75 Å². The number of fused-ring (bicyclic) bond motifs is 1. The maximum atomic E-state index is 13.6. The van der Waals surface area contributed by atoms with Gasteiger partial charge in [-0.3, -0.25) is 0 Å². The fourth-order valence-electron chi connectivity index (χ4n) is 3.57. The number of rotatable bonds is 4. The van der Waals surface area contributed by atoms with Gasteiger partial charge in [-0.25, -0.2) is 4.98 Å². The second-order valence-corrected chi connectivity index (χ2v) is 8.02. The van der Waals surface area contributed by atoms with Crippen LogP contribution in [0.3, 0.4) is 0 Å². The van der Waals surface area contributed by atoms with Crippen LogP contribution in [0.2, 0.25) is 0 Å². The van der Waals surface area contributed by atoms with E-state index in [1.165, 1.54) is 17.8 Å². The zero-order valence-electron chi connectivity index (χ0n) is 15.7. The van der Waals surface area contributed by atoms with Gasteiger partial charge in [0, 0.05) is 29.1 Å². The predicted molar refractivity (Wildman–Crippen MR) is 107 cm³/mol. The van der Waals surface area contributed by atoms with Gasteiger partial charge in [-0.05, 0) is 36.2 Å². The number of benzene rings is 2. The number of thioether (sulfide) groups is 1. The van der Waals surface area contributed by atoms with Crippen molar-refractivity contribution in [2.24, 2.45) is 0 Å². The number of halogens is 3. The summed E-state index contributed by atoms with van der Waals surface area (Å²) >= 11 is 1.45. The van der Waals surface area contributed by atoms with E-state index in [0.717, 1.165) is 22.5 Å². The first kappa shape index (κ1) is 19.7. The minimum atomic E-state index is -4.38. The highest BCUT2D eigenvalue weighted by atomic mass is 32.2. The van der Waals surface area contributed by atoms with Crippen LogP contribution in [-0.4, -0.2) is 23.6 Å². The molecule has 0 saturated heterocycles. The Kier molecular flexibility index (Phi) is 5.45. The molecule has 0 saturated carbocycles. The van der Waals surface area contributed by atoms with Crippen LogP contribution < -0.4 is 9.64 Å². The van der Waals surface area contributed by atoms with Gasteiger partial charge in [0.1, 0.15) is 11.6 Å². The van der Waals surface area contributed by atoms with Crippen molar-refractivity contribution in [3.63, 3.8) is 0 Å². The quantitative estimate of drug-likeness (QED) is 0.591. The molecule has 0 radical (unpaired) electrons. The summed E-state index contributed by atoms with van der Waals surface area (Å²) < 4.78 is 46.1. The summed E-state index contributed by atoms with van der Waals surface area (Å²) in [4.78, 5) is 10.4. The summed E-state index contributed by atoms with van der Waals surface area (Å²) in [6.07, 6.45) is -0.345. The first-order valence-electron chi connectivity index (χ1n) is 9.19. The Balaban J connectivity index is 1.73. The minimum Gasteiger partial charge on any atom is -0.497 e. The van der Waals surface area contributed by atoms with Crippen molar-refractivity contribution in [2.45, 2.75) is 29.3 Å². The molecule has 1 N–H and O–H groups in total. The maximum absolute atomic E-state index is 13.6. The van der Waals surface area contributed by atoms with Crippen molar-refractivity contribution in [1.82, 2.24) is 9.97 Å². The van der Waals surface area contributed by atoms with Crippen LogP contribution >= 0.6 is 11.8 Å². The molecule has 152 valence electrons. The van der Waals surface area contributed by atoms with E-state index in [1.807, 2.05) is 18.2 Å². The number of methoxy groups -OCH3 is 1. The first-order chi connectivity index (χ1) is 14.0. The van der Waals surface area contributed by atoms with E-state index in [9.17, 15) is 13.2 Å². The molecular weight excluding hydrogens is 399 g/mol. The zero-order chi connectivity index (χ0) is 20.4. The molecule has 8 heteroatoms. The van der Waals surface area contributed by atoms with E-state index in [-0.39, 0.29) is 5.25 Å². The summed E-state index contributed by atoms with van der Waals surface area (Å²) in [5.41, 5.74) is 0.722. The molecule has 0 bridgehead atoms.